The van der Waals surface area contributed by atoms with Crippen LogP contribution in [0, 0.1) is 5.92 Å². The average Bonchev–Trinajstić information content (AvgIpc) is 3.11. The zero-order valence-corrected chi connectivity index (χ0v) is 10.5. The van der Waals surface area contributed by atoms with E-state index in [1.165, 1.54) is 19.3 Å². The summed E-state index contributed by atoms with van der Waals surface area (Å²) in [6, 6.07) is 0. The molecule has 4 heteroatoms. The monoisotopic (exact) mass is 234 g/mol. The minimum Gasteiger partial charge on any atom is -0.394 e. The Balaban J connectivity index is 0.000000293. The van der Waals surface area contributed by atoms with E-state index in [0.29, 0.717) is 19.3 Å². The Hall–Kier alpha value is -0.160. The van der Waals surface area contributed by atoms with E-state index in [0.717, 1.165) is 12.5 Å². The number of hydrogen-bond donors (Lipinski definition) is 2. The first-order valence-electron chi connectivity index (χ1n) is 6.15. The van der Waals surface area contributed by atoms with Gasteiger partial charge in [0, 0.05) is 6.61 Å². The first-order valence-corrected chi connectivity index (χ1v) is 6.15. The molecule has 1 aliphatic rings. The highest BCUT2D eigenvalue weighted by Crippen LogP contribution is 2.24. The molecule has 0 aromatic rings. The van der Waals surface area contributed by atoms with E-state index >= 15 is 0 Å². The number of hydrogen-bond acceptors (Lipinski definition) is 4. The summed E-state index contributed by atoms with van der Waals surface area (Å²) in [7, 11) is 0. The van der Waals surface area contributed by atoms with E-state index in [2.05, 4.69) is 18.6 Å². The van der Waals surface area contributed by atoms with Gasteiger partial charge in [-0.1, -0.05) is 20.3 Å². The Morgan fingerprint density at radius 3 is 2.12 bits per heavy atom. The van der Waals surface area contributed by atoms with Crippen molar-refractivity contribution in [3.8, 4) is 0 Å². The van der Waals surface area contributed by atoms with Crippen molar-refractivity contribution in [3.63, 3.8) is 0 Å². The molecule has 0 heterocycles. The van der Waals surface area contributed by atoms with Crippen LogP contribution < -0.4 is 0 Å². The lowest BCUT2D eigenvalue weighted by Gasteiger charge is -2.07. The fourth-order valence-electron chi connectivity index (χ4n) is 0.884. The van der Waals surface area contributed by atoms with Gasteiger partial charge in [-0.3, -0.25) is 0 Å². The lowest BCUT2D eigenvalue weighted by atomic mass is 10.1. The maximum Gasteiger partial charge on any atom is 0.0698 e. The highest BCUT2D eigenvalue weighted by molar-refractivity contribution is 4.73. The molecular weight excluding hydrogens is 208 g/mol. The van der Waals surface area contributed by atoms with Gasteiger partial charge in [-0.15, -0.1) is 0 Å². The van der Waals surface area contributed by atoms with E-state index in [1.54, 1.807) is 0 Å². The quantitative estimate of drug-likeness (QED) is 0.620. The molecule has 1 unspecified atom stereocenters. The molecule has 0 aliphatic heterocycles. The fourth-order valence-corrected chi connectivity index (χ4v) is 0.884. The second-order valence-electron chi connectivity index (χ2n) is 4.11. The molecule has 0 bridgehead atoms. The predicted octanol–water partition coefficient (Wildman–Crippen LogP) is 1.20. The maximum atomic E-state index is 8.09. The van der Waals surface area contributed by atoms with Gasteiger partial charge in [0.25, 0.3) is 0 Å². The van der Waals surface area contributed by atoms with Gasteiger partial charge >= 0.3 is 0 Å². The largest absolute Gasteiger partial charge is 0.394 e. The highest BCUT2D eigenvalue weighted by atomic mass is 16.5. The Morgan fingerprint density at radius 1 is 1.19 bits per heavy atom. The lowest BCUT2D eigenvalue weighted by molar-refractivity contribution is 0.0650. The normalized spacial score (nSPS) is 16.5. The standard InChI is InChI=1S/C8H16O.C4H10O3/c1-3-7(2)6-9-8-4-5-8;5-1-3-7-4-2-6/h7-8H,3-6H2,1-2H3;5-6H,1-4H2. The first-order chi connectivity index (χ1) is 7.74. The average molecular weight is 234 g/mol. The van der Waals surface area contributed by atoms with Crippen LogP contribution in [-0.4, -0.2) is 49.4 Å². The molecule has 1 rings (SSSR count). The Labute approximate surface area is 98.6 Å². The van der Waals surface area contributed by atoms with Gasteiger partial charge < -0.3 is 19.7 Å². The van der Waals surface area contributed by atoms with Crippen LogP contribution in [0.5, 0.6) is 0 Å². The maximum absolute atomic E-state index is 8.09. The summed E-state index contributed by atoms with van der Waals surface area (Å²) in [5.41, 5.74) is 0. The van der Waals surface area contributed by atoms with Crippen molar-refractivity contribution in [1.29, 1.82) is 0 Å². The first kappa shape index (κ1) is 15.8. The Morgan fingerprint density at radius 2 is 1.75 bits per heavy atom. The van der Waals surface area contributed by atoms with Crippen molar-refractivity contribution in [2.24, 2.45) is 5.92 Å². The predicted molar refractivity (Wildman–Crippen MR) is 63.4 cm³/mol. The van der Waals surface area contributed by atoms with Crippen LogP contribution in [0.4, 0.5) is 0 Å². The summed E-state index contributed by atoms with van der Waals surface area (Å²) in [6.07, 6.45) is 4.48. The van der Waals surface area contributed by atoms with Crippen molar-refractivity contribution >= 4 is 0 Å². The van der Waals surface area contributed by atoms with Gasteiger partial charge in [0.1, 0.15) is 0 Å². The van der Waals surface area contributed by atoms with Crippen molar-refractivity contribution in [1.82, 2.24) is 0 Å². The van der Waals surface area contributed by atoms with Gasteiger partial charge in [0.05, 0.1) is 32.5 Å². The molecule has 0 saturated heterocycles. The smallest absolute Gasteiger partial charge is 0.0698 e. The SMILES string of the molecule is CCC(C)COC1CC1.OCCOCCO. The molecule has 0 radical (unpaired) electrons. The van der Waals surface area contributed by atoms with Gasteiger partial charge in [-0.2, -0.15) is 0 Å². The van der Waals surface area contributed by atoms with Crippen LogP contribution >= 0.6 is 0 Å². The van der Waals surface area contributed by atoms with Crippen molar-refractivity contribution in [3.05, 3.63) is 0 Å². The Bertz CT molecular complexity index is 133. The second kappa shape index (κ2) is 11.3. The molecule has 4 nitrogen and oxygen atoms in total. The number of rotatable bonds is 8. The van der Waals surface area contributed by atoms with E-state index in [9.17, 15) is 0 Å². The minimum atomic E-state index is 0.0278. The minimum absolute atomic E-state index is 0.0278. The van der Waals surface area contributed by atoms with E-state index < -0.39 is 0 Å². The van der Waals surface area contributed by atoms with Gasteiger partial charge in [-0.25, -0.2) is 0 Å². The summed E-state index contributed by atoms with van der Waals surface area (Å²) in [5, 5.41) is 16.2. The third kappa shape index (κ3) is 11.9. The van der Waals surface area contributed by atoms with Crippen molar-refractivity contribution in [2.45, 2.75) is 39.2 Å². The molecule has 16 heavy (non-hydrogen) atoms. The van der Waals surface area contributed by atoms with Gasteiger partial charge in [0.15, 0.2) is 0 Å². The molecular formula is C12H26O4. The zero-order chi connectivity index (χ0) is 12.2. The van der Waals surface area contributed by atoms with Crippen LogP contribution in [0.25, 0.3) is 0 Å². The molecule has 1 saturated carbocycles. The van der Waals surface area contributed by atoms with Crippen molar-refractivity contribution in [2.75, 3.05) is 33.0 Å². The van der Waals surface area contributed by atoms with Crippen LogP contribution in [0.2, 0.25) is 0 Å². The summed E-state index contributed by atoms with van der Waals surface area (Å²) in [5.74, 6) is 0.755. The molecule has 0 spiro atoms. The van der Waals surface area contributed by atoms with Crippen LogP contribution in [0.15, 0.2) is 0 Å². The van der Waals surface area contributed by atoms with Gasteiger partial charge in [0.2, 0.25) is 0 Å². The molecule has 98 valence electrons. The molecule has 0 amide bonds. The molecule has 1 atom stereocenters. The number of aliphatic hydroxyl groups excluding tert-OH is 2. The topological polar surface area (TPSA) is 58.9 Å². The van der Waals surface area contributed by atoms with Gasteiger partial charge in [-0.05, 0) is 18.8 Å². The molecule has 0 aromatic carbocycles. The van der Waals surface area contributed by atoms with Crippen LogP contribution in [0.1, 0.15) is 33.1 Å². The summed E-state index contributed by atoms with van der Waals surface area (Å²) >= 11 is 0. The number of aliphatic hydroxyl groups is 2. The summed E-state index contributed by atoms with van der Waals surface area (Å²) < 4.78 is 10.1. The summed E-state index contributed by atoms with van der Waals surface area (Å²) in [6.45, 7) is 6.12. The Kier molecular flexibility index (Phi) is 11.2. The van der Waals surface area contributed by atoms with Crippen molar-refractivity contribution < 1.29 is 19.7 Å². The fraction of sp³-hybridized carbons (Fsp3) is 1.00. The molecule has 0 aromatic heterocycles. The second-order valence-corrected chi connectivity index (χ2v) is 4.11. The third-order valence-electron chi connectivity index (χ3n) is 2.31. The zero-order valence-electron chi connectivity index (χ0n) is 10.5. The van der Waals surface area contributed by atoms with E-state index in [4.69, 9.17) is 14.9 Å². The lowest BCUT2D eigenvalue weighted by Crippen LogP contribution is -2.05. The van der Waals surface area contributed by atoms with E-state index in [-0.39, 0.29) is 13.2 Å². The van der Waals surface area contributed by atoms with Crippen LogP contribution in [-0.2, 0) is 9.47 Å². The molecule has 1 aliphatic carbocycles. The van der Waals surface area contributed by atoms with E-state index in [1.807, 2.05) is 0 Å². The summed E-state index contributed by atoms with van der Waals surface area (Å²) in [4.78, 5) is 0. The molecule has 1 fully saturated rings. The molecule has 2 N–H and O–H groups in total. The van der Waals surface area contributed by atoms with Crippen LogP contribution in [0.3, 0.4) is 0 Å². The number of ether oxygens (including phenoxy) is 2. The third-order valence-corrected chi connectivity index (χ3v) is 2.31. The highest BCUT2D eigenvalue weighted by Gasteiger charge is 2.22.